The summed E-state index contributed by atoms with van der Waals surface area (Å²) in [6.07, 6.45) is 5.44. The standard InChI is InChI=1S/C16H26N4/c1-5-17-9-14-15(10-18-16(19-14)12(2)3)20-8-6-7-13(4)11-20/h7,10,12,17H,5-6,8-9,11H2,1-4H3. The van der Waals surface area contributed by atoms with Crippen molar-refractivity contribution in [2.45, 2.75) is 46.6 Å². The van der Waals surface area contributed by atoms with Crippen LogP contribution in [0.15, 0.2) is 17.8 Å². The molecule has 1 aromatic rings. The lowest BCUT2D eigenvalue weighted by molar-refractivity contribution is 0.676. The fourth-order valence-corrected chi connectivity index (χ4v) is 2.46. The minimum Gasteiger partial charge on any atom is -0.364 e. The molecule has 0 bridgehead atoms. The van der Waals surface area contributed by atoms with E-state index in [4.69, 9.17) is 4.98 Å². The number of rotatable bonds is 5. The highest BCUT2D eigenvalue weighted by atomic mass is 15.2. The van der Waals surface area contributed by atoms with Gasteiger partial charge in [-0.1, -0.05) is 32.4 Å². The van der Waals surface area contributed by atoms with Gasteiger partial charge in [-0.25, -0.2) is 9.97 Å². The molecule has 2 heterocycles. The number of hydrogen-bond acceptors (Lipinski definition) is 4. The Kier molecular flexibility index (Phi) is 5.12. The molecule has 0 aromatic carbocycles. The van der Waals surface area contributed by atoms with Gasteiger partial charge < -0.3 is 10.2 Å². The van der Waals surface area contributed by atoms with Gasteiger partial charge in [-0.05, 0) is 19.9 Å². The summed E-state index contributed by atoms with van der Waals surface area (Å²) >= 11 is 0. The maximum Gasteiger partial charge on any atom is 0.131 e. The van der Waals surface area contributed by atoms with Crippen molar-refractivity contribution in [1.29, 1.82) is 0 Å². The Morgan fingerprint density at radius 2 is 2.20 bits per heavy atom. The molecule has 2 rings (SSSR count). The van der Waals surface area contributed by atoms with Gasteiger partial charge >= 0.3 is 0 Å². The predicted octanol–water partition coefficient (Wildman–Crippen LogP) is 2.87. The first kappa shape index (κ1) is 15.0. The number of anilines is 1. The summed E-state index contributed by atoms with van der Waals surface area (Å²) in [6, 6.07) is 0. The summed E-state index contributed by atoms with van der Waals surface area (Å²) < 4.78 is 0. The van der Waals surface area contributed by atoms with Crippen LogP contribution in [0.3, 0.4) is 0 Å². The fraction of sp³-hybridized carbons (Fsp3) is 0.625. The lowest BCUT2D eigenvalue weighted by Gasteiger charge is -2.29. The lowest BCUT2D eigenvalue weighted by Crippen LogP contribution is -2.31. The van der Waals surface area contributed by atoms with E-state index in [2.05, 4.69) is 49.0 Å². The van der Waals surface area contributed by atoms with Crippen LogP contribution in [0.25, 0.3) is 0 Å². The van der Waals surface area contributed by atoms with E-state index < -0.39 is 0 Å². The van der Waals surface area contributed by atoms with Crippen molar-refractivity contribution in [3.05, 3.63) is 29.4 Å². The molecule has 0 radical (unpaired) electrons. The van der Waals surface area contributed by atoms with E-state index in [1.165, 1.54) is 11.3 Å². The summed E-state index contributed by atoms with van der Waals surface area (Å²) in [5.74, 6) is 1.30. The second-order valence-electron chi connectivity index (χ2n) is 5.76. The average molecular weight is 274 g/mol. The van der Waals surface area contributed by atoms with Crippen molar-refractivity contribution >= 4 is 5.69 Å². The third-order valence-electron chi connectivity index (χ3n) is 3.60. The second kappa shape index (κ2) is 6.84. The topological polar surface area (TPSA) is 41.1 Å². The van der Waals surface area contributed by atoms with Gasteiger partial charge in [-0.2, -0.15) is 0 Å². The first-order chi connectivity index (χ1) is 9.61. The summed E-state index contributed by atoms with van der Waals surface area (Å²) in [4.78, 5) is 11.7. The SMILES string of the molecule is CCNCc1nc(C(C)C)ncc1N1CCC=C(C)C1. The first-order valence-corrected chi connectivity index (χ1v) is 7.59. The van der Waals surface area contributed by atoms with Crippen molar-refractivity contribution in [3.8, 4) is 0 Å². The summed E-state index contributed by atoms with van der Waals surface area (Å²) in [6.45, 7) is 12.4. The Bertz CT molecular complexity index is 479. The van der Waals surface area contributed by atoms with Crippen molar-refractivity contribution < 1.29 is 0 Å². The monoisotopic (exact) mass is 274 g/mol. The van der Waals surface area contributed by atoms with E-state index in [1.54, 1.807) is 0 Å². The van der Waals surface area contributed by atoms with Gasteiger partial charge in [0, 0.05) is 25.6 Å². The van der Waals surface area contributed by atoms with Crippen LogP contribution in [-0.2, 0) is 6.54 Å². The third kappa shape index (κ3) is 3.57. The van der Waals surface area contributed by atoms with Crippen LogP contribution in [-0.4, -0.2) is 29.6 Å². The van der Waals surface area contributed by atoms with E-state index in [0.29, 0.717) is 5.92 Å². The van der Waals surface area contributed by atoms with Crippen molar-refractivity contribution in [1.82, 2.24) is 15.3 Å². The van der Waals surface area contributed by atoms with E-state index in [0.717, 1.165) is 44.1 Å². The molecular formula is C16H26N4. The number of nitrogens with zero attached hydrogens (tertiary/aromatic N) is 3. The molecule has 0 spiro atoms. The molecule has 0 saturated carbocycles. The quantitative estimate of drug-likeness (QED) is 0.838. The molecule has 1 aliphatic rings. The van der Waals surface area contributed by atoms with E-state index >= 15 is 0 Å². The predicted molar refractivity (Wildman–Crippen MR) is 84.1 cm³/mol. The molecule has 4 nitrogen and oxygen atoms in total. The summed E-state index contributed by atoms with van der Waals surface area (Å²) in [7, 11) is 0. The molecule has 1 aliphatic heterocycles. The Morgan fingerprint density at radius 3 is 2.85 bits per heavy atom. The maximum absolute atomic E-state index is 4.78. The van der Waals surface area contributed by atoms with Gasteiger partial charge in [-0.15, -0.1) is 0 Å². The van der Waals surface area contributed by atoms with Crippen LogP contribution in [0.5, 0.6) is 0 Å². The van der Waals surface area contributed by atoms with Gasteiger partial charge in [0.2, 0.25) is 0 Å². The Labute approximate surface area is 122 Å². The molecule has 1 N–H and O–H groups in total. The molecule has 20 heavy (non-hydrogen) atoms. The van der Waals surface area contributed by atoms with Gasteiger partial charge in [0.25, 0.3) is 0 Å². The molecule has 0 atom stereocenters. The van der Waals surface area contributed by atoms with E-state index in [1.807, 2.05) is 6.20 Å². The van der Waals surface area contributed by atoms with Crippen molar-refractivity contribution in [2.75, 3.05) is 24.5 Å². The van der Waals surface area contributed by atoms with Crippen LogP contribution >= 0.6 is 0 Å². The Balaban J connectivity index is 2.28. The number of aromatic nitrogens is 2. The summed E-state index contributed by atoms with van der Waals surface area (Å²) in [5.41, 5.74) is 3.74. The molecule has 0 unspecified atom stereocenters. The fourth-order valence-electron chi connectivity index (χ4n) is 2.46. The average Bonchev–Trinajstić information content (AvgIpc) is 2.44. The molecule has 1 aromatic heterocycles. The van der Waals surface area contributed by atoms with Gasteiger partial charge in [-0.3, -0.25) is 0 Å². The van der Waals surface area contributed by atoms with Gasteiger partial charge in [0.05, 0.1) is 17.6 Å². The van der Waals surface area contributed by atoms with Gasteiger partial charge in [0.1, 0.15) is 5.82 Å². The zero-order valence-corrected chi connectivity index (χ0v) is 13.1. The molecule has 0 aliphatic carbocycles. The zero-order chi connectivity index (χ0) is 14.5. The van der Waals surface area contributed by atoms with Gasteiger partial charge in [0.15, 0.2) is 0 Å². The summed E-state index contributed by atoms with van der Waals surface area (Å²) in [5, 5.41) is 3.39. The van der Waals surface area contributed by atoms with Crippen LogP contribution in [0.4, 0.5) is 5.69 Å². The zero-order valence-electron chi connectivity index (χ0n) is 13.1. The minimum atomic E-state index is 0.368. The first-order valence-electron chi connectivity index (χ1n) is 7.59. The smallest absolute Gasteiger partial charge is 0.131 e. The second-order valence-corrected chi connectivity index (χ2v) is 5.76. The molecule has 110 valence electrons. The highest BCUT2D eigenvalue weighted by molar-refractivity contribution is 5.51. The van der Waals surface area contributed by atoms with Crippen LogP contribution in [0.1, 0.15) is 51.6 Å². The Hall–Kier alpha value is -1.42. The maximum atomic E-state index is 4.78. The molecule has 0 saturated heterocycles. The van der Waals surface area contributed by atoms with Crippen molar-refractivity contribution in [2.24, 2.45) is 0 Å². The normalized spacial score (nSPS) is 15.7. The van der Waals surface area contributed by atoms with Crippen LogP contribution in [0, 0.1) is 0 Å². The largest absolute Gasteiger partial charge is 0.364 e. The van der Waals surface area contributed by atoms with Crippen LogP contribution in [0.2, 0.25) is 0 Å². The van der Waals surface area contributed by atoms with Crippen LogP contribution < -0.4 is 10.2 Å². The number of hydrogen-bond donors (Lipinski definition) is 1. The minimum absolute atomic E-state index is 0.368. The molecule has 4 heteroatoms. The van der Waals surface area contributed by atoms with Crippen molar-refractivity contribution in [3.63, 3.8) is 0 Å². The van der Waals surface area contributed by atoms with E-state index in [9.17, 15) is 0 Å². The van der Waals surface area contributed by atoms with E-state index in [-0.39, 0.29) is 0 Å². The highest BCUT2D eigenvalue weighted by Gasteiger charge is 2.17. The molecule has 0 fully saturated rings. The third-order valence-corrected chi connectivity index (χ3v) is 3.60. The molecular weight excluding hydrogens is 248 g/mol. The highest BCUT2D eigenvalue weighted by Crippen LogP contribution is 2.23. The lowest BCUT2D eigenvalue weighted by atomic mass is 10.1. The number of nitrogens with one attached hydrogen (secondary N) is 1. The Morgan fingerprint density at radius 1 is 1.40 bits per heavy atom. The molecule has 0 amide bonds.